The van der Waals surface area contributed by atoms with Gasteiger partial charge in [0.2, 0.25) is 0 Å². The summed E-state index contributed by atoms with van der Waals surface area (Å²) >= 11 is 0. The molecule has 0 aromatic heterocycles. The summed E-state index contributed by atoms with van der Waals surface area (Å²) in [6.45, 7) is 8.82. The average molecular weight is 210 g/mol. The van der Waals surface area contributed by atoms with Crippen LogP contribution in [-0.2, 0) is 9.53 Å². The zero-order valence-electron chi connectivity index (χ0n) is 9.54. The number of rotatable bonds is 5. The fraction of sp³-hybridized carbons (Fsp3) is 0.417. The lowest BCUT2D eigenvalue weighted by Crippen LogP contribution is -2.06. The fourth-order valence-corrected chi connectivity index (χ4v) is 0.865. The van der Waals surface area contributed by atoms with Crippen molar-refractivity contribution in [1.29, 1.82) is 0 Å². The minimum Gasteiger partial charge on any atom is -0.504 e. The molecule has 0 unspecified atom stereocenters. The molecule has 1 N–H and O–H groups in total. The zero-order valence-corrected chi connectivity index (χ0v) is 9.54. The summed E-state index contributed by atoms with van der Waals surface area (Å²) in [5.74, 6) is -0.327. The Hall–Kier alpha value is -1.51. The highest BCUT2D eigenvalue weighted by molar-refractivity contribution is 5.87. The van der Waals surface area contributed by atoms with Crippen molar-refractivity contribution in [2.75, 3.05) is 0 Å². The molecule has 0 aliphatic carbocycles. The second-order valence-corrected chi connectivity index (χ2v) is 3.14. The second-order valence-electron chi connectivity index (χ2n) is 3.14. The van der Waals surface area contributed by atoms with Gasteiger partial charge in [-0.15, -0.1) is 0 Å². The van der Waals surface area contributed by atoms with Crippen molar-refractivity contribution in [3.8, 4) is 0 Å². The number of ether oxygens (including phenoxy) is 1. The van der Waals surface area contributed by atoms with Gasteiger partial charge in [0.15, 0.2) is 11.5 Å². The maximum Gasteiger partial charge on any atom is 0.338 e. The van der Waals surface area contributed by atoms with Gasteiger partial charge in [0.1, 0.15) is 0 Å². The van der Waals surface area contributed by atoms with E-state index in [0.717, 1.165) is 0 Å². The van der Waals surface area contributed by atoms with Crippen LogP contribution in [0.1, 0.15) is 33.6 Å². The Morgan fingerprint density at radius 2 is 1.87 bits per heavy atom. The van der Waals surface area contributed by atoms with Crippen molar-refractivity contribution in [1.82, 2.24) is 0 Å². The smallest absolute Gasteiger partial charge is 0.338 e. The number of hydrogen-bond donors (Lipinski definition) is 1. The van der Waals surface area contributed by atoms with Crippen LogP contribution < -0.4 is 0 Å². The Labute approximate surface area is 90.8 Å². The van der Waals surface area contributed by atoms with Crippen LogP contribution in [-0.4, -0.2) is 11.1 Å². The molecule has 3 heteroatoms. The van der Waals surface area contributed by atoms with Crippen LogP contribution in [0.4, 0.5) is 0 Å². The predicted octanol–water partition coefficient (Wildman–Crippen LogP) is 3.25. The molecule has 0 bridgehead atoms. The van der Waals surface area contributed by atoms with Gasteiger partial charge in [0.05, 0.1) is 0 Å². The summed E-state index contributed by atoms with van der Waals surface area (Å²) in [4.78, 5) is 11.2. The summed E-state index contributed by atoms with van der Waals surface area (Å²) in [5.41, 5.74) is 0.307. The molecule has 0 radical (unpaired) electrons. The van der Waals surface area contributed by atoms with E-state index in [1.165, 1.54) is 0 Å². The van der Waals surface area contributed by atoms with E-state index in [4.69, 9.17) is 4.74 Å². The summed E-state index contributed by atoms with van der Waals surface area (Å²) in [6.07, 6.45) is 4.60. The van der Waals surface area contributed by atoms with E-state index in [2.05, 4.69) is 6.58 Å². The van der Waals surface area contributed by atoms with Gasteiger partial charge in [0, 0.05) is 5.57 Å². The Bertz CT molecular complexity index is 298. The molecule has 0 saturated heterocycles. The molecular weight excluding hydrogens is 192 g/mol. The third-order valence-corrected chi connectivity index (χ3v) is 1.59. The molecule has 0 aliphatic heterocycles. The molecule has 0 saturated carbocycles. The van der Waals surface area contributed by atoms with E-state index in [1.54, 1.807) is 19.1 Å². The quantitative estimate of drug-likeness (QED) is 0.328. The highest BCUT2D eigenvalue weighted by Gasteiger charge is 2.10. The predicted molar refractivity (Wildman–Crippen MR) is 60.3 cm³/mol. The number of allylic oxidation sites excluding steroid dienone is 2. The van der Waals surface area contributed by atoms with Gasteiger partial charge in [-0.3, -0.25) is 0 Å². The third-order valence-electron chi connectivity index (χ3n) is 1.59. The number of carbonyl (C=O) groups is 1. The standard InChI is InChI=1S/C12H18O3/c1-5-7-10(13)11(8-6-2)15-12(14)9(3)4/h7-8,13H,3,5-6H2,1-2,4H3. The SMILES string of the molecule is C=C(C)C(=O)OC(=CCC)C(O)=CCC. The van der Waals surface area contributed by atoms with E-state index < -0.39 is 5.97 Å². The zero-order chi connectivity index (χ0) is 11.8. The highest BCUT2D eigenvalue weighted by atomic mass is 16.5. The Morgan fingerprint density at radius 1 is 1.33 bits per heavy atom. The molecule has 15 heavy (non-hydrogen) atoms. The molecule has 0 fully saturated rings. The van der Waals surface area contributed by atoms with Crippen molar-refractivity contribution >= 4 is 5.97 Å². The number of aliphatic hydroxyl groups excluding tert-OH is 1. The maximum absolute atomic E-state index is 11.2. The Balaban J connectivity index is 4.71. The second kappa shape index (κ2) is 6.87. The molecule has 3 nitrogen and oxygen atoms in total. The first-order valence-corrected chi connectivity index (χ1v) is 5.00. The lowest BCUT2D eigenvalue weighted by Gasteiger charge is -2.07. The molecule has 0 amide bonds. The molecule has 0 rings (SSSR count). The largest absolute Gasteiger partial charge is 0.504 e. The van der Waals surface area contributed by atoms with E-state index in [1.807, 2.05) is 13.8 Å². The van der Waals surface area contributed by atoms with Gasteiger partial charge in [-0.25, -0.2) is 4.79 Å². The van der Waals surface area contributed by atoms with Gasteiger partial charge in [0.25, 0.3) is 0 Å². The van der Waals surface area contributed by atoms with Crippen molar-refractivity contribution in [3.63, 3.8) is 0 Å². The van der Waals surface area contributed by atoms with Crippen LogP contribution in [0.3, 0.4) is 0 Å². The normalized spacial score (nSPS) is 12.5. The van der Waals surface area contributed by atoms with Gasteiger partial charge in [-0.05, 0) is 31.9 Å². The van der Waals surface area contributed by atoms with Crippen LogP contribution in [0.2, 0.25) is 0 Å². The topological polar surface area (TPSA) is 46.5 Å². The fourth-order valence-electron chi connectivity index (χ4n) is 0.865. The Morgan fingerprint density at radius 3 is 2.27 bits per heavy atom. The molecule has 0 aromatic rings. The summed E-state index contributed by atoms with van der Waals surface area (Å²) < 4.78 is 4.97. The van der Waals surface area contributed by atoms with E-state index >= 15 is 0 Å². The van der Waals surface area contributed by atoms with Crippen molar-refractivity contribution in [3.05, 3.63) is 35.8 Å². The van der Waals surface area contributed by atoms with Gasteiger partial charge in [-0.2, -0.15) is 0 Å². The lowest BCUT2D eigenvalue weighted by atomic mass is 10.3. The summed E-state index contributed by atoms with van der Waals surface area (Å²) in [7, 11) is 0. The number of carbonyl (C=O) groups excluding carboxylic acids is 1. The minimum atomic E-state index is -0.522. The van der Waals surface area contributed by atoms with Crippen LogP contribution in [0, 0.1) is 0 Å². The first kappa shape index (κ1) is 13.5. The van der Waals surface area contributed by atoms with E-state index in [-0.39, 0.29) is 11.5 Å². The van der Waals surface area contributed by atoms with Crippen molar-refractivity contribution < 1.29 is 14.6 Å². The van der Waals surface area contributed by atoms with Crippen LogP contribution in [0.25, 0.3) is 0 Å². The number of hydrogen-bond acceptors (Lipinski definition) is 3. The van der Waals surface area contributed by atoms with Gasteiger partial charge in [-0.1, -0.05) is 20.4 Å². The minimum absolute atomic E-state index is 0.00560. The average Bonchev–Trinajstić information content (AvgIpc) is 2.17. The molecule has 84 valence electrons. The summed E-state index contributed by atoms with van der Waals surface area (Å²) in [6, 6.07) is 0. The maximum atomic E-state index is 11.2. The van der Waals surface area contributed by atoms with Gasteiger partial charge < -0.3 is 9.84 Å². The molecule has 0 heterocycles. The van der Waals surface area contributed by atoms with E-state index in [9.17, 15) is 9.90 Å². The van der Waals surface area contributed by atoms with Gasteiger partial charge >= 0.3 is 5.97 Å². The van der Waals surface area contributed by atoms with Crippen LogP contribution >= 0.6 is 0 Å². The lowest BCUT2D eigenvalue weighted by molar-refractivity contribution is -0.135. The highest BCUT2D eigenvalue weighted by Crippen LogP contribution is 2.12. The van der Waals surface area contributed by atoms with Crippen LogP contribution in [0.5, 0.6) is 0 Å². The van der Waals surface area contributed by atoms with Crippen molar-refractivity contribution in [2.45, 2.75) is 33.6 Å². The molecule has 0 spiro atoms. The molecule has 0 aliphatic rings. The monoisotopic (exact) mass is 210 g/mol. The molecular formula is C12H18O3. The number of esters is 1. The summed E-state index contributed by atoms with van der Waals surface area (Å²) in [5, 5.41) is 9.56. The van der Waals surface area contributed by atoms with E-state index in [0.29, 0.717) is 18.4 Å². The van der Waals surface area contributed by atoms with Crippen molar-refractivity contribution in [2.24, 2.45) is 0 Å². The van der Waals surface area contributed by atoms with Crippen LogP contribution in [0.15, 0.2) is 35.8 Å². The molecule has 0 aromatic carbocycles. The number of aliphatic hydroxyl groups is 1. The first-order chi connectivity index (χ1) is 7.02. The first-order valence-electron chi connectivity index (χ1n) is 5.00. The molecule has 0 atom stereocenters. The Kier molecular flexibility index (Phi) is 6.18. The third kappa shape index (κ3) is 5.05.